The van der Waals surface area contributed by atoms with E-state index in [9.17, 15) is 9.90 Å². The van der Waals surface area contributed by atoms with Crippen LogP contribution in [0.2, 0.25) is 0 Å². The number of aromatic nitrogens is 1. The van der Waals surface area contributed by atoms with Crippen molar-refractivity contribution in [1.82, 2.24) is 4.98 Å². The molecule has 2 N–H and O–H groups in total. The molecule has 0 saturated carbocycles. The second-order valence-electron chi connectivity index (χ2n) is 6.87. The summed E-state index contributed by atoms with van der Waals surface area (Å²) in [6, 6.07) is 13.4. The molecule has 6 nitrogen and oxygen atoms in total. The van der Waals surface area contributed by atoms with Crippen LogP contribution in [0.25, 0.3) is 22.2 Å². The Bertz CT molecular complexity index is 1020. The van der Waals surface area contributed by atoms with Gasteiger partial charge in [-0.15, -0.1) is 0 Å². The SMILES string of the molecule is CCCOc1ccc(-c2cc(C)c3ccc(NC(=O)COC)cc3n2)cc1CO. The molecule has 0 spiro atoms. The molecule has 1 heterocycles. The lowest BCUT2D eigenvalue weighted by Gasteiger charge is -2.13. The van der Waals surface area contributed by atoms with Gasteiger partial charge in [0, 0.05) is 29.3 Å². The fraction of sp³-hybridized carbons (Fsp3) is 0.304. The largest absolute Gasteiger partial charge is 0.493 e. The Kier molecular flexibility index (Phi) is 6.80. The average molecular weight is 394 g/mol. The predicted octanol–water partition coefficient (Wildman–Crippen LogP) is 4.08. The molecule has 0 unspecified atom stereocenters. The second kappa shape index (κ2) is 9.49. The van der Waals surface area contributed by atoms with Gasteiger partial charge in [0.2, 0.25) is 5.91 Å². The number of aryl methyl sites for hydroxylation is 1. The summed E-state index contributed by atoms with van der Waals surface area (Å²) in [5.41, 5.74) is 4.96. The number of ether oxygens (including phenoxy) is 2. The van der Waals surface area contributed by atoms with Gasteiger partial charge in [-0.1, -0.05) is 13.0 Å². The summed E-state index contributed by atoms with van der Waals surface area (Å²) < 4.78 is 10.6. The first-order valence-corrected chi connectivity index (χ1v) is 9.62. The first-order valence-electron chi connectivity index (χ1n) is 9.62. The van der Waals surface area contributed by atoms with Crippen LogP contribution in [-0.2, 0) is 16.1 Å². The van der Waals surface area contributed by atoms with E-state index in [0.29, 0.717) is 18.0 Å². The first kappa shape index (κ1) is 20.8. The van der Waals surface area contributed by atoms with Crippen molar-refractivity contribution in [3.8, 4) is 17.0 Å². The number of rotatable bonds is 8. The number of aliphatic hydroxyl groups excluding tert-OH is 1. The number of hydrogen-bond acceptors (Lipinski definition) is 5. The second-order valence-corrected chi connectivity index (χ2v) is 6.87. The maximum Gasteiger partial charge on any atom is 0.250 e. The number of hydrogen-bond donors (Lipinski definition) is 2. The Labute approximate surface area is 170 Å². The molecule has 0 aliphatic heterocycles. The third-order valence-electron chi connectivity index (χ3n) is 4.56. The number of aliphatic hydroxyl groups is 1. The minimum absolute atomic E-state index is 0.000913. The van der Waals surface area contributed by atoms with Crippen LogP contribution in [0.15, 0.2) is 42.5 Å². The summed E-state index contributed by atoms with van der Waals surface area (Å²) in [5.74, 6) is 0.480. The van der Waals surface area contributed by atoms with Gasteiger partial charge in [-0.05, 0) is 55.3 Å². The smallest absolute Gasteiger partial charge is 0.250 e. The molecule has 1 amide bonds. The van der Waals surface area contributed by atoms with Crippen molar-refractivity contribution < 1.29 is 19.4 Å². The van der Waals surface area contributed by atoms with Crippen LogP contribution in [0.1, 0.15) is 24.5 Å². The van der Waals surface area contributed by atoms with Crippen LogP contribution in [0.5, 0.6) is 5.75 Å². The Hall–Kier alpha value is -2.96. The van der Waals surface area contributed by atoms with Crippen LogP contribution in [0.4, 0.5) is 5.69 Å². The summed E-state index contributed by atoms with van der Waals surface area (Å²) in [4.78, 5) is 16.6. The van der Waals surface area contributed by atoms with Gasteiger partial charge in [0.25, 0.3) is 0 Å². The van der Waals surface area contributed by atoms with E-state index < -0.39 is 0 Å². The van der Waals surface area contributed by atoms with E-state index in [0.717, 1.165) is 39.7 Å². The van der Waals surface area contributed by atoms with E-state index in [2.05, 4.69) is 5.32 Å². The third kappa shape index (κ3) is 4.91. The zero-order valence-electron chi connectivity index (χ0n) is 17.0. The van der Waals surface area contributed by atoms with Crippen LogP contribution in [0.3, 0.4) is 0 Å². The first-order chi connectivity index (χ1) is 14.0. The minimum Gasteiger partial charge on any atom is -0.493 e. The molecule has 0 fully saturated rings. The molecule has 152 valence electrons. The lowest BCUT2D eigenvalue weighted by Crippen LogP contribution is -2.17. The van der Waals surface area contributed by atoms with Gasteiger partial charge in [0.1, 0.15) is 12.4 Å². The molecule has 0 bridgehead atoms. The topological polar surface area (TPSA) is 80.7 Å². The molecule has 3 rings (SSSR count). The van der Waals surface area contributed by atoms with Gasteiger partial charge in [0.15, 0.2) is 0 Å². The highest BCUT2D eigenvalue weighted by Crippen LogP contribution is 2.30. The quantitative estimate of drug-likeness (QED) is 0.602. The van der Waals surface area contributed by atoms with Crippen molar-refractivity contribution in [2.45, 2.75) is 26.9 Å². The van der Waals surface area contributed by atoms with E-state index in [-0.39, 0.29) is 19.1 Å². The molecular formula is C23H26N2O4. The number of carbonyl (C=O) groups is 1. The number of anilines is 1. The Balaban J connectivity index is 1.98. The van der Waals surface area contributed by atoms with E-state index in [4.69, 9.17) is 14.5 Å². The summed E-state index contributed by atoms with van der Waals surface area (Å²) in [7, 11) is 1.48. The summed E-state index contributed by atoms with van der Waals surface area (Å²) >= 11 is 0. The molecule has 2 aromatic carbocycles. The maximum absolute atomic E-state index is 11.8. The fourth-order valence-electron chi connectivity index (χ4n) is 3.17. The zero-order valence-corrected chi connectivity index (χ0v) is 17.0. The third-order valence-corrected chi connectivity index (χ3v) is 4.56. The summed E-state index contributed by atoms with van der Waals surface area (Å²) in [6.45, 7) is 4.58. The number of amides is 1. The van der Waals surface area contributed by atoms with Crippen molar-refractivity contribution in [1.29, 1.82) is 0 Å². The van der Waals surface area contributed by atoms with Gasteiger partial charge in [-0.2, -0.15) is 0 Å². The molecule has 29 heavy (non-hydrogen) atoms. The minimum atomic E-state index is -0.213. The van der Waals surface area contributed by atoms with Crippen LogP contribution >= 0.6 is 0 Å². The average Bonchev–Trinajstić information content (AvgIpc) is 2.72. The van der Waals surface area contributed by atoms with Gasteiger partial charge >= 0.3 is 0 Å². The number of fused-ring (bicyclic) bond motifs is 1. The number of methoxy groups -OCH3 is 1. The van der Waals surface area contributed by atoms with E-state index >= 15 is 0 Å². The Morgan fingerprint density at radius 3 is 2.72 bits per heavy atom. The van der Waals surface area contributed by atoms with Gasteiger partial charge in [0.05, 0.1) is 24.4 Å². The normalized spacial score (nSPS) is 10.9. The van der Waals surface area contributed by atoms with Crippen molar-refractivity contribution in [3.05, 3.63) is 53.6 Å². The standard InChI is InChI=1S/C23H26N2O4/c1-4-9-29-22-8-5-16(11-17(22)13-26)20-10-15(2)19-7-6-18(12-21(19)25-20)24-23(27)14-28-3/h5-8,10-12,26H,4,9,13-14H2,1-3H3,(H,24,27). The number of nitrogens with zero attached hydrogens (tertiary/aromatic N) is 1. The number of pyridine rings is 1. The molecule has 0 radical (unpaired) electrons. The van der Waals surface area contributed by atoms with Crippen molar-refractivity contribution in [2.75, 3.05) is 25.6 Å². The molecule has 0 saturated heterocycles. The molecule has 0 aliphatic rings. The summed E-state index contributed by atoms with van der Waals surface area (Å²) in [5, 5.41) is 13.6. The lowest BCUT2D eigenvalue weighted by atomic mass is 10.0. The van der Waals surface area contributed by atoms with Crippen molar-refractivity contribution in [3.63, 3.8) is 0 Å². The highest BCUT2D eigenvalue weighted by Gasteiger charge is 2.10. The molecular weight excluding hydrogens is 368 g/mol. The highest BCUT2D eigenvalue weighted by molar-refractivity contribution is 5.95. The molecule has 6 heteroatoms. The van der Waals surface area contributed by atoms with Gasteiger partial charge < -0.3 is 19.9 Å². The number of benzene rings is 2. The number of carbonyl (C=O) groups excluding carboxylic acids is 1. The molecule has 0 aliphatic carbocycles. The highest BCUT2D eigenvalue weighted by atomic mass is 16.5. The Morgan fingerprint density at radius 2 is 2.00 bits per heavy atom. The molecule has 0 atom stereocenters. The predicted molar refractivity (Wildman–Crippen MR) is 114 cm³/mol. The van der Waals surface area contributed by atoms with Crippen LogP contribution in [-0.4, -0.2) is 36.3 Å². The van der Waals surface area contributed by atoms with Gasteiger partial charge in [-0.25, -0.2) is 4.98 Å². The van der Waals surface area contributed by atoms with E-state index in [1.54, 1.807) is 0 Å². The van der Waals surface area contributed by atoms with E-state index in [1.165, 1.54) is 7.11 Å². The lowest BCUT2D eigenvalue weighted by molar-refractivity contribution is -0.119. The van der Waals surface area contributed by atoms with Crippen molar-refractivity contribution in [2.24, 2.45) is 0 Å². The zero-order chi connectivity index (χ0) is 20.8. The monoisotopic (exact) mass is 394 g/mol. The summed E-state index contributed by atoms with van der Waals surface area (Å²) in [6.07, 6.45) is 0.904. The van der Waals surface area contributed by atoms with Crippen LogP contribution < -0.4 is 10.1 Å². The van der Waals surface area contributed by atoms with Gasteiger partial charge in [-0.3, -0.25) is 4.79 Å². The Morgan fingerprint density at radius 1 is 1.17 bits per heavy atom. The number of nitrogens with one attached hydrogen (secondary N) is 1. The van der Waals surface area contributed by atoms with Crippen LogP contribution in [0, 0.1) is 6.92 Å². The van der Waals surface area contributed by atoms with Crippen molar-refractivity contribution >= 4 is 22.5 Å². The molecule has 1 aromatic heterocycles. The maximum atomic E-state index is 11.8. The fourth-order valence-corrected chi connectivity index (χ4v) is 3.17. The van der Waals surface area contributed by atoms with E-state index in [1.807, 2.05) is 56.3 Å². The molecule has 3 aromatic rings.